The maximum absolute atomic E-state index is 5.77. The molecule has 4 heterocycles. The summed E-state index contributed by atoms with van der Waals surface area (Å²) >= 11 is 0. The summed E-state index contributed by atoms with van der Waals surface area (Å²) < 4.78 is 7.26. The summed E-state index contributed by atoms with van der Waals surface area (Å²) in [6.45, 7) is 15.8. The Bertz CT molecular complexity index is 876. The number of nitrogen functional groups attached to an aromatic ring is 1. The number of benzene rings is 1. The van der Waals surface area contributed by atoms with Crippen LogP contribution in [0.25, 0.3) is 16.9 Å². The third-order valence-electron chi connectivity index (χ3n) is 4.71. The van der Waals surface area contributed by atoms with Crippen LogP contribution in [0.2, 0.25) is 0 Å². The van der Waals surface area contributed by atoms with Gasteiger partial charge in [-0.1, -0.05) is 41.5 Å². The topological polar surface area (TPSA) is 68.7 Å². The molecule has 0 radical (unpaired) electrons. The molecule has 0 atom stereocenters. The van der Waals surface area contributed by atoms with Crippen molar-refractivity contribution in [3.05, 3.63) is 42.6 Å². The molecule has 6 nitrogen and oxygen atoms in total. The van der Waals surface area contributed by atoms with E-state index in [-0.39, 0.29) is 0 Å². The summed E-state index contributed by atoms with van der Waals surface area (Å²) in [5.41, 5.74) is 8.88. The van der Waals surface area contributed by atoms with Crippen LogP contribution in [0, 0.1) is 5.41 Å². The molecule has 29 heavy (non-hydrogen) atoms. The number of fused-ring (bicyclic) bond motifs is 1. The normalized spacial score (nSPS) is 15.6. The molecule has 2 saturated heterocycles. The Morgan fingerprint density at radius 3 is 2.10 bits per heavy atom. The molecule has 0 saturated carbocycles. The molecular formula is C23H35N5O. The second kappa shape index (κ2) is 10.3. The first kappa shape index (κ1) is 22.7. The zero-order valence-corrected chi connectivity index (χ0v) is 18.6. The third kappa shape index (κ3) is 4.53. The molecule has 1 aromatic carbocycles. The standard InChI is InChI=1S/C17H17N5O.3C2H6/c18-13-5-3-12(4-6-13)15-19-16(14-2-1-7-22(14)20-15)21-8-17(9-21)10-23-11-17;3*1-2/h1-7H,8-11,18H2;3*1-2H3. The number of hydrogen-bond donors (Lipinski definition) is 1. The van der Waals surface area contributed by atoms with Crippen molar-refractivity contribution in [3.63, 3.8) is 0 Å². The second-order valence-corrected chi connectivity index (χ2v) is 6.57. The number of ether oxygens (including phenoxy) is 1. The van der Waals surface area contributed by atoms with Gasteiger partial charge in [-0.3, -0.25) is 0 Å². The SMILES string of the molecule is CC.CC.CC.Nc1ccc(-c2nc(N3CC4(COC4)C3)c3cccn3n2)cc1. The molecule has 2 N–H and O–H groups in total. The molecule has 2 aliphatic heterocycles. The molecule has 0 bridgehead atoms. The Hall–Kier alpha value is -2.60. The quantitative estimate of drug-likeness (QED) is 0.623. The fourth-order valence-corrected chi connectivity index (χ4v) is 3.39. The van der Waals surface area contributed by atoms with E-state index in [1.165, 1.54) is 0 Å². The Morgan fingerprint density at radius 2 is 1.55 bits per heavy atom. The Labute approximate surface area is 174 Å². The van der Waals surface area contributed by atoms with E-state index in [0.717, 1.165) is 54.7 Å². The maximum atomic E-state index is 5.77. The van der Waals surface area contributed by atoms with Crippen molar-refractivity contribution in [2.45, 2.75) is 41.5 Å². The molecule has 2 aromatic heterocycles. The van der Waals surface area contributed by atoms with E-state index in [4.69, 9.17) is 15.5 Å². The van der Waals surface area contributed by atoms with Gasteiger partial charge in [0.15, 0.2) is 11.6 Å². The zero-order valence-electron chi connectivity index (χ0n) is 18.6. The number of rotatable bonds is 2. The minimum Gasteiger partial charge on any atom is -0.399 e. The van der Waals surface area contributed by atoms with Gasteiger partial charge in [-0.2, -0.15) is 0 Å². The summed E-state index contributed by atoms with van der Waals surface area (Å²) in [5, 5.41) is 4.62. The lowest BCUT2D eigenvalue weighted by Gasteiger charge is -2.55. The first-order chi connectivity index (χ1) is 14.2. The van der Waals surface area contributed by atoms with E-state index in [9.17, 15) is 0 Å². The van der Waals surface area contributed by atoms with Crippen LogP contribution in [0.3, 0.4) is 0 Å². The first-order valence-electron chi connectivity index (χ1n) is 10.8. The van der Waals surface area contributed by atoms with Crippen molar-refractivity contribution >= 4 is 17.0 Å². The Balaban J connectivity index is 0.000000461. The van der Waals surface area contributed by atoms with Gasteiger partial charge in [0.2, 0.25) is 0 Å². The van der Waals surface area contributed by atoms with Crippen LogP contribution < -0.4 is 10.6 Å². The first-order valence-corrected chi connectivity index (χ1v) is 10.8. The zero-order chi connectivity index (χ0) is 21.4. The van der Waals surface area contributed by atoms with E-state index in [1.54, 1.807) is 0 Å². The number of anilines is 2. The molecule has 0 amide bonds. The molecular weight excluding hydrogens is 362 g/mol. The van der Waals surface area contributed by atoms with Crippen LogP contribution in [0.5, 0.6) is 0 Å². The molecule has 0 unspecified atom stereocenters. The highest BCUT2D eigenvalue weighted by molar-refractivity contribution is 5.73. The molecule has 6 heteroatoms. The van der Waals surface area contributed by atoms with Crippen molar-refractivity contribution in [1.29, 1.82) is 0 Å². The molecule has 158 valence electrons. The number of nitrogens with two attached hydrogens (primary N) is 1. The highest BCUT2D eigenvalue weighted by Gasteiger charge is 2.49. The van der Waals surface area contributed by atoms with Crippen LogP contribution in [0.4, 0.5) is 11.5 Å². The summed E-state index contributed by atoms with van der Waals surface area (Å²) in [6, 6.07) is 11.7. The summed E-state index contributed by atoms with van der Waals surface area (Å²) in [6.07, 6.45) is 1.96. The second-order valence-electron chi connectivity index (χ2n) is 6.57. The van der Waals surface area contributed by atoms with Gasteiger partial charge in [0.05, 0.1) is 18.6 Å². The van der Waals surface area contributed by atoms with Crippen LogP contribution in [0.1, 0.15) is 41.5 Å². The molecule has 0 aliphatic carbocycles. The highest BCUT2D eigenvalue weighted by atomic mass is 16.5. The summed E-state index contributed by atoms with van der Waals surface area (Å²) in [7, 11) is 0. The largest absolute Gasteiger partial charge is 0.399 e. The lowest BCUT2D eigenvalue weighted by molar-refractivity contribution is -0.127. The minimum atomic E-state index is 0.357. The lowest BCUT2D eigenvalue weighted by atomic mass is 9.78. The average Bonchev–Trinajstić information content (AvgIpc) is 3.20. The van der Waals surface area contributed by atoms with Gasteiger partial charge in [-0.15, -0.1) is 5.10 Å². The Morgan fingerprint density at radius 1 is 0.931 bits per heavy atom. The summed E-state index contributed by atoms with van der Waals surface area (Å²) in [4.78, 5) is 7.15. The fourth-order valence-electron chi connectivity index (χ4n) is 3.39. The van der Waals surface area contributed by atoms with Gasteiger partial charge >= 0.3 is 0 Å². The maximum Gasteiger partial charge on any atom is 0.182 e. The van der Waals surface area contributed by atoms with Crippen molar-refractivity contribution in [1.82, 2.24) is 14.6 Å². The molecule has 5 rings (SSSR count). The molecule has 3 aromatic rings. The van der Waals surface area contributed by atoms with Gasteiger partial charge in [0.25, 0.3) is 0 Å². The summed E-state index contributed by atoms with van der Waals surface area (Å²) in [5.74, 6) is 1.71. The monoisotopic (exact) mass is 397 g/mol. The number of nitrogens with zero attached hydrogens (tertiary/aromatic N) is 4. The van der Waals surface area contributed by atoms with Crippen LogP contribution in [-0.4, -0.2) is 40.9 Å². The van der Waals surface area contributed by atoms with Crippen LogP contribution in [0.15, 0.2) is 42.6 Å². The van der Waals surface area contributed by atoms with Crippen molar-refractivity contribution in [2.24, 2.45) is 5.41 Å². The fraction of sp³-hybridized carbons (Fsp3) is 0.478. The van der Waals surface area contributed by atoms with E-state index in [1.807, 2.05) is 82.6 Å². The van der Waals surface area contributed by atoms with Crippen LogP contribution >= 0.6 is 0 Å². The van der Waals surface area contributed by atoms with E-state index < -0.39 is 0 Å². The molecule has 1 spiro atoms. The van der Waals surface area contributed by atoms with Gasteiger partial charge in [0, 0.05) is 30.5 Å². The predicted octanol–water partition coefficient (Wildman–Crippen LogP) is 4.89. The lowest BCUT2D eigenvalue weighted by Crippen LogP contribution is -2.66. The van der Waals surface area contributed by atoms with Crippen LogP contribution in [-0.2, 0) is 4.74 Å². The van der Waals surface area contributed by atoms with E-state index in [2.05, 4.69) is 16.1 Å². The van der Waals surface area contributed by atoms with Crippen molar-refractivity contribution in [2.75, 3.05) is 36.9 Å². The Kier molecular flexibility index (Phi) is 8.02. The average molecular weight is 398 g/mol. The highest BCUT2D eigenvalue weighted by Crippen LogP contribution is 2.41. The van der Waals surface area contributed by atoms with E-state index >= 15 is 0 Å². The minimum absolute atomic E-state index is 0.357. The third-order valence-corrected chi connectivity index (χ3v) is 4.71. The number of aromatic nitrogens is 3. The molecule has 2 aliphatic rings. The smallest absolute Gasteiger partial charge is 0.182 e. The number of hydrogen-bond acceptors (Lipinski definition) is 5. The van der Waals surface area contributed by atoms with E-state index in [0.29, 0.717) is 5.41 Å². The molecule has 2 fully saturated rings. The van der Waals surface area contributed by atoms with Gasteiger partial charge < -0.3 is 15.4 Å². The van der Waals surface area contributed by atoms with Gasteiger partial charge in [0.1, 0.15) is 5.52 Å². The van der Waals surface area contributed by atoms with Crippen molar-refractivity contribution < 1.29 is 4.74 Å². The predicted molar refractivity (Wildman–Crippen MR) is 122 cm³/mol. The van der Waals surface area contributed by atoms with Gasteiger partial charge in [-0.25, -0.2) is 9.50 Å². The van der Waals surface area contributed by atoms with Crippen molar-refractivity contribution in [3.8, 4) is 11.4 Å². The van der Waals surface area contributed by atoms with Gasteiger partial charge in [-0.05, 0) is 36.4 Å².